The number of hydrogen-bond donors (Lipinski definition) is 1. The van der Waals surface area contributed by atoms with Crippen LogP contribution in [0.2, 0.25) is 0 Å². The second-order valence-electron chi connectivity index (χ2n) is 5.56. The van der Waals surface area contributed by atoms with Gasteiger partial charge in [0.1, 0.15) is 17.7 Å². The summed E-state index contributed by atoms with van der Waals surface area (Å²) in [5.41, 5.74) is 0.0245. The van der Waals surface area contributed by atoms with Gasteiger partial charge in [0.15, 0.2) is 0 Å². The van der Waals surface area contributed by atoms with E-state index in [4.69, 9.17) is 0 Å². The third-order valence-corrected chi connectivity index (χ3v) is 4.33. The van der Waals surface area contributed by atoms with Crippen LogP contribution in [0.5, 0.6) is 0 Å². The number of carbonyl (C=O) groups is 1. The second-order valence-corrected chi connectivity index (χ2v) is 5.56. The maximum absolute atomic E-state index is 11.9. The molecular formula is C16H19N3O2. The molecule has 5 heteroatoms. The number of carboxylic acids is 1. The van der Waals surface area contributed by atoms with Gasteiger partial charge in [-0.15, -0.1) is 0 Å². The number of rotatable bonds is 4. The van der Waals surface area contributed by atoms with Crippen LogP contribution in [0.1, 0.15) is 32.6 Å². The molecule has 1 aromatic heterocycles. The van der Waals surface area contributed by atoms with E-state index in [0.29, 0.717) is 12.8 Å². The van der Waals surface area contributed by atoms with Crippen molar-refractivity contribution in [1.82, 2.24) is 9.97 Å². The summed E-state index contributed by atoms with van der Waals surface area (Å²) in [6.07, 6.45) is 4.56. The highest BCUT2D eigenvalue weighted by molar-refractivity contribution is 5.93. The van der Waals surface area contributed by atoms with E-state index in [0.717, 1.165) is 36.1 Å². The molecule has 0 aliphatic carbocycles. The molecule has 21 heavy (non-hydrogen) atoms. The van der Waals surface area contributed by atoms with Gasteiger partial charge in [-0.1, -0.05) is 25.5 Å². The molecule has 0 radical (unpaired) electrons. The Morgan fingerprint density at radius 3 is 2.95 bits per heavy atom. The lowest BCUT2D eigenvalue weighted by molar-refractivity contribution is -0.143. The normalized spacial score (nSPS) is 21.9. The molecule has 1 saturated heterocycles. The topological polar surface area (TPSA) is 66.3 Å². The van der Waals surface area contributed by atoms with E-state index in [-0.39, 0.29) is 0 Å². The Kier molecular flexibility index (Phi) is 3.49. The highest BCUT2D eigenvalue weighted by atomic mass is 16.4. The van der Waals surface area contributed by atoms with Gasteiger partial charge in [-0.2, -0.15) is 0 Å². The first-order valence-corrected chi connectivity index (χ1v) is 7.40. The summed E-state index contributed by atoms with van der Waals surface area (Å²) in [5.74, 6) is -0.00140. The largest absolute Gasteiger partial charge is 0.479 e. The van der Waals surface area contributed by atoms with Gasteiger partial charge in [0.2, 0.25) is 0 Å². The number of para-hydroxylation sites is 1. The fourth-order valence-corrected chi connectivity index (χ4v) is 3.40. The lowest BCUT2D eigenvalue weighted by atomic mass is 9.90. The monoisotopic (exact) mass is 285 g/mol. The van der Waals surface area contributed by atoms with Crippen molar-refractivity contribution in [3.8, 4) is 0 Å². The van der Waals surface area contributed by atoms with Crippen molar-refractivity contribution in [2.75, 3.05) is 11.4 Å². The number of fused-ring (bicyclic) bond motifs is 1. The summed E-state index contributed by atoms with van der Waals surface area (Å²) in [5, 5.41) is 10.7. The van der Waals surface area contributed by atoms with Crippen LogP contribution in [0.4, 0.5) is 5.82 Å². The minimum atomic E-state index is -0.828. The highest BCUT2D eigenvalue weighted by Crippen LogP contribution is 2.39. The Bertz CT molecular complexity index is 668. The molecule has 2 heterocycles. The van der Waals surface area contributed by atoms with E-state index >= 15 is 0 Å². The number of anilines is 1. The molecule has 1 aliphatic heterocycles. The molecule has 3 rings (SSSR count). The summed E-state index contributed by atoms with van der Waals surface area (Å²) < 4.78 is 0. The maximum atomic E-state index is 11.9. The Balaban J connectivity index is 2.14. The third-order valence-electron chi connectivity index (χ3n) is 4.33. The summed E-state index contributed by atoms with van der Waals surface area (Å²) in [6, 6.07) is 7.76. The summed E-state index contributed by atoms with van der Waals surface area (Å²) in [6.45, 7) is 2.76. The summed E-state index contributed by atoms with van der Waals surface area (Å²) >= 11 is 0. The number of nitrogens with zero attached hydrogens (tertiary/aromatic N) is 3. The van der Waals surface area contributed by atoms with Crippen LogP contribution in [0, 0.1) is 0 Å². The van der Waals surface area contributed by atoms with Crippen LogP contribution < -0.4 is 4.90 Å². The van der Waals surface area contributed by atoms with Crippen molar-refractivity contribution in [3.63, 3.8) is 0 Å². The van der Waals surface area contributed by atoms with E-state index < -0.39 is 11.5 Å². The van der Waals surface area contributed by atoms with Gasteiger partial charge in [-0.3, -0.25) is 0 Å². The van der Waals surface area contributed by atoms with E-state index in [1.54, 1.807) is 0 Å². The quantitative estimate of drug-likeness (QED) is 0.935. The average Bonchev–Trinajstić information content (AvgIpc) is 2.92. The molecule has 0 bridgehead atoms. The van der Waals surface area contributed by atoms with Crippen LogP contribution in [0.15, 0.2) is 30.6 Å². The van der Waals surface area contributed by atoms with Crippen LogP contribution in [-0.4, -0.2) is 33.1 Å². The van der Waals surface area contributed by atoms with Crippen LogP contribution >= 0.6 is 0 Å². The SMILES string of the molecule is CCCC1(C(=O)O)CCCN1c1ncnc2ccccc12. The molecule has 5 nitrogen and oxygen atoms in total. The Morgan fingerprint density at radius 1 is 1.38 bits per heavy atom. The van der Waals surface area contributed by atoms with Crippen molar-refractivity contribution in [2.24, 2.45) is 0 Å². The average molecular weight is 285 g/mol. The van der Waals surface area contributed by atoms with Crippen LogP contribution in [0.3, 0.4) is 0 Å². The Labute approximate surface area is 123 Å². The number of benzene rings is 1. The minimum Gasteiger partial charge on any atom is -0.479 e. The smallest absolute Gasteiger partial charge is 0.329 e. The first-order valence-electron chi connectivity index (χ1n) is 7.40. The zero-order valence-corrected chi connectivity index (χ0v) is 12.1. The van der Waals surface area contributed by atoms with Crippen LogP contribution in [0.25, 0.3) is 10.9 Å². The predicted molar refractivity (Wildman–Crippen MR) is 81.4 cm³/mol. The third kappa shape index (κ3) is 2.13. The van der Waals surface area contributed by atoms with Crippen molar-refractivity contribution >= 4 is 22.7 Å². The van der Waals surface area contributed by atoms with E-state index in [1.165, 1.54) is 6.33 Å². The molecule has 1 N–H and O–H groups in total. The van der Waals surface area contributed by atoms with Gasteiger partial charge in [0, 0.05) is 11.9 Å². The molecular weight excluding hydrogens is 266 g/mol. The standard InChI is InChI=1S/C16H19N3O2/c1-2-8-16(15(20)21)9-5-10-19(16)14-12-6-3-4-7-13(12)17-11-18-14/h3-4,6-7,11H,2,5,8-10H2,1H3,(H,20,21). The number of carboxylic acid groups (broad SMARTS) is 1. The van der Waals surface area contributed by atoms with Gasteiger partial charge < -0.3 is 10.0 Å². The molecule has 110 valence electrons. The van der Waals surface area contributed by atoms with Gasteiger partial charge in [-0.25, -0.2) is 14.8 Å². The molecule has 0 amide bonds. The zero-order valence-electron chi connectivity index (χ0n) is 12.1. The summed E-state index contributed by atoms with van der Waals surface area (Å²) in [4.78, 5) is 22.6. The highest BCUT2D eigenvalue weighted by Gasteiger charge is 2.47. The minimum absolute atomic E-state index is 0.640. The first kappa shape index (κ1) is 13.8. The number of hydrogen-bond acceptors (Lipinski definition) is 4. The predicted octanol–water partition coefficient (Wildman–Crippen LogP) is 2.85. The van der Waals surface area contributed by atoms with E-state index in [2.05, 4.69) is 9.97 Å². The van der Waals surface area contributed by atoms with Gasteiger partial charge in [0.05, 0.1) is 5.52 Å². The first-order chi connectivity index (χ1) is 10.2. The lowest BCUT2D eigenvalue weighted by Gasteiger charge is -2.36. The lowest BCUT2D eigenvalue weighted by Crippen LogP contribution is -2.51. The van der Waals surface area contributed by atoms with Crippen molar-refractivity contribution in [2.45, 2.75) is 38.1 Å². The van der Waals surface area contributed by atoms with Crippen molar-refractivity contribution < 1.29 is 9.90 Å². The van der Waals surface area contributed by atoms with Crippen LogP contribution in [-0.2, 0) is 4.79 Å². The molecule has 0 saturated carbocycles. The molecule has 1 fully saturated rings. The molecule has 1 atom stereocenters. The zero-order chi connectivity index (χ0) is 14.9. The fourth-order valence-electron chi connectivity index (χ4n) is 3.40. The second kappa shape index (κ2) is 5.31. The van der Waals surface area contributed by atoms with Crippen molar-refractivity contribution in [3.05, 3.63) is 30.6 Å². The Morgan fingerprint density at radius 2 is 2.19 bits per heavy atom. The molecule has 0 spiro atoms. The van der Waals surface area contributed by atoms with Gasteiger partial charge in [-0.05, 0) is 31.4 Å². The maximum Gasteiger partial charge on any atom is 0.329 e. The fraction of sp³-hybridized carbons (Fsp3) is 0.438. The molecule has 2 aromatic rings. The van der Waals surface area contributed by atoms with Gasteiger partial charge in [0.25, 0.3) is 0 Å². The molecule has 1 aromatic carbocycles. The molecule has 1 aliphatic rings. The number of aromatic nitrogens is 2. The van der Waals surface area contributed by atoms with Crippen molar-refractivity contribution in [1.29, 1.82) is 0 Å². The van der Waals surface area contributed by atoms with Gasteiger partial charge >= 0.3 is 5.97 Å². The molecule has 1 unspecified atom stereocenters. The summed E-state index contributed by atoms with van der Waals surface area (Å²) in [7, 11) is 0. The Hall–Kier alpha value is -2.17. The van der Waals surface area contributed by atoms with E-state index in [1.807, 2.05) is 36.1 Å². The number of aliphatic carboxylic acids is 1. The van der Waals surface area contributed by atoms with E-state index in [9.17, 15) is 9.90 Å².